The summed E-state index contributed by atoms with van der Waals surface area (Å²) >= 11 is 0. The lowest BCUT2D eigenvalue weighted by atomic mass is 9.76. The molecule has 0 bridgehead atoms. The zero-order valence-electron chi connectivity index (χ0n) is 11.6. The van der Waals surface area contributed by atoms with Crippen LogP contribution in [-0.4, -0.2) is 18.0 Å². The standard InChI is InChI=1S/C15H20F2N2O/c1-10-3-2-6-15(8-10,9-18)19-14(20)12-7-11(16)4-5-13(12)17/h4-5,7,10H,2-3,6,8-9,18H2,1H3,(H,19,20). The summed E-state index contributed by atoms with van der Waals surface area (Å²) < 4.78 is 26.8. The monoisotopic (exact) mass is 282 g/mol. The van der Waals surface area contributed by atoms with E-state index in [2.05, 4.69) is 12.2 Å². The van der Waals surface area contributed by atoms with Gasteiger partial charge in [-0.1, -0.05) is 19.8 Å². The molecule has 0 heterocycles. The molecule has 3 nitrogen and oxygen atoms in total. The summed E-state index contributed by atoms with van der Waals surface area (Å²) in [5.74, 6) is -1.48. The number of carbonyl (C=O) groups is 1. The highest BCUT2D eigenvalue weighted by Gasteiger charge is 2.35. The second kappa shape index (κ2) is 5.87. The largest absolute Gasteiger partial charge is 0.345 e. The molecule has 1 amide bonds. The molecule has 1 aromatic carbocycles. The van der Waals surface area contributed by atoms with Crippen LogP contribution in [0, 0.1) is 17.6 Å². The summed E-state index contributed by atoms with van der Waals surface area (Å²) in [4.78, 5) is 12.2. The van der Waals surface area contributed by atoms with Crippen molar-refractivity contribution in [2.75, 3.05) is 6.54 Å². The van der Waals surface area contributed by atoms with Crippen molar-refractivity contribution in [2.24, 2.45) is 11.7 Å². The Balaban J connectivity index is 2.19. The third-order valence-electron chi connectivity index (χ3n) is 4.03. The Kier molecular flexibility index (Phi) is 4.38. The maximum atomic E-state index is 13.6. The third kappa shape index (κ3) is 3.15. The third-order valence-corrected chi connectivity index (χ3v) is 4.03. The van der Waals surface area contributed by atoms with E-state index < -0.39 is 23.1 Å². The van der Waals surface area contributed by atoms with Crippen molar-refractivity contribution in [1.82, 2.24) is 5.32 Å². The van der Waals surface area contributed by atoms with Crippen LogP contribution in [0.15, 0.2) is 18.2 Å². The normalized spacial score (nSPS) is 26.3. The average molecular weight is 282 g/mol. The second-order valence-electron chi connectivity index (χ2n) is 5.76. The molecule has 1 fully saturated rings. The van der Waals surface area contributed by atoms with Crippen LogP contribution in [0.4, 0.5) is 8.78 Å². The molecule has 3 N–H and O–H groups in total. The van der Waals surface area contributed by atoms with Crippen LogP contribution in [-0.2, 0) is 0 Å². The number of benzene rings is 1. The first-order chi connectivity index (χ1) is 9.46. The van der Waals surface area contributed by atoms with Crippen LogP contribution in [0.5, 0.6) is 0 Å². The lowest BCUT2D eigenvalue weighted by Crippen LogP contribution is -2.56. The van der Waals surface area contributed by atoms with Crippen LogP contribution >= 0.6 is 0 Å². The minimum absolute atomic E-state index is 0.268. The molecule has 0 aromatic heterocycles. The summed E-state index contributed by atoms with van der Waals surface area (Å²) in [6, 6.07) is 2.87. The first-order valence-corrected chi connectivity index (χ1v) is 6.93. The minimum Gasteiger partial charge on any atom is -0.345 e. The van der Waals surface area contributed by atoms with E-state index in [-0.39, 0.29) is 5.56 Å². The van der Waals surface area contributed by atoms with E-state index in [4.69, 9.17) is 5.73 Å². The number of halogens is 2. The van der Waals surface area contributed by atoms with Gasteiger partial charge in [0.15, 0.2) is 0 Å². The van der Waals surface area contributed by atoms with Crippen molar-refractivity contribution in [3.63, 3.8) is 0 Å². The van der Waals surface area contributed by atoms with Crippen molar-refractivity contribution in [3.05, 3.63) is 35.4 Å². The van der Waals surface area contributed by atoms with Crippen LogP contribution in [0.25, 0.3) is 0 Å². The van der Waals surface area contributed by atoms with Crippen LogP contribution in [0.3, 0.4) is 0 Å². The molecule has 0 spiro atoms. The van der Waals surface area contributed by atoms with Gasteiger partial charge in [0, 0.05) is 6.54 Å². The first kappa shape index (κ1) is 14.9. The van der Waals surface area contributed by atoms with E-state index in [9.17, 15) is 13.6 Å². The number of hydrogen-bond donors (Lipinski definition) is 2. The fourth-order valence-electron chi connectivity index (χ4n) is 2.99. The molecule has 2 atom stereocenters. The predicted molar refractivity (Wildman–Crippen MR) is 73.2 cm³/mol. The van der Waals surface area contributed by atoms with Crippen molar-refractivity contribution in [2.45, 2.75) is 38.1 Å². The van der Waals surface area contributed by atoms with Gasteiger partial charge in [0.25, 0.3) is 5.91 Å². The fraction of sp³-hybridized carbons (Fsp3) is 0.533. The molecule has 20 heavy (non-hydrogen) atoms. The second-order valence-corrected chi connectivity index (χ2v) is 5.76. The Morgan fingerprint density at radius 1 is 1.50 bits per heavy atom. The summed E-state index contributed by atoms with van der Waals surface area (Å²) in [5, 5.41) is 2.83. The molecule has 0 radical (unpaired) electrons. The van der Waals surface area contributed by atoms with E-state index in [0.29, 0.717) is 12.5 Å². The molecule has 0 saturated heterocycles. The van der Waals surface area contributed by atoms with Crippen molar-refractivity contribution >= 4 is 5.91 Å². The molecular weight excluding hydrogens is 262 g/mol. The minimum atomic E-state index is -0.722. The topological polar surface area (TPSA) is 55.1 Å². The van der Waals surface area contributed by atoms with E-state index in [1.54, 1.807) is 0 Å². The van der Waals surface area contributed by atoms with Gasteiger partial charge in [-0.05, 0) is 37.0 Å². The summed E-state index contributed by atoms with van der Waals surface area (Å²) in [5.41, 5.74) is 5.04. The van der Waals surface area contributed by atoms with E-state index in [1.807, 2.05) is 0 Å². The fourth-order valence-corrected chi connectivity index (χ4v) is 2.99. The van der Waals surface area contributed by atoms with Crippen molar-refractivity contribution in [1.29, 1.82) is 0 Å². The molecule has 1 aliphatic rings. The van der Waals surface area contributed by atoms with Gasteiger partial charge in [0.1, 0.15) is 11.6 Å². The maximum absolute atomic E-state index is 13.6. The number of rotatable bonds is 3. The number of amides is 1. The summed E-state index contributed by atoms with van der Waals surface area (Å²) in [7, 11) is 0. The molecule has 1 saturated carbocycles. The van der Waals surface area contributed by atoms with Gasteiger partial charge in [-0.15, -0.1) is 0 Å². The lowest BCUT2D eigenvalue weighted by molar-refractivity contribution is 0.0849. The molecule has 110 valence electrons. The molecule has 1 aliphatic carbocycles. The molecule has 5 heteroatoms. The maximum Gasteiger partial charge on any atom is 0.254 e. The van der Waals surface area contributed by atoms with Gasteiger partial charge in [-0.25, -0.2) is 8.78 Å². The Morgan fingerprint density at radius 2 is 2.25 bits per heavy atom. The number of carbonyl (C=O) groups excluding carboxylic acids is 1. The SMILES string of the molecule is CC1CCCC(CN)(NC(=O)c2cc(F)ccc2F)C1. The molecule has 2 rings (SSSR count). The first-order valence-electron chi connectivity index (χ1n) is 6.93. The van der Waals surface area contributed by atoms with Crippen LogP contribution in [0.2, 0.25) is 0 Å². The molecule has 0 aliphatic heterocycles. The van der Waals surface area contributed by atoms with Gasteiger partial charge < -0.3 is 11.1 Å². The quantitative estimate of drug-likeness (QED) is 0.895. The van der Waals surface area contributed by atoms with Gasteiger partial charge >= 0.3 is 0 Å². The Bertz CT molecular complexity index is 507. The predicted octanol–water partition coefficient (Wildman–Crippen LogP) is 2.60. The van der Waals surface area contributed by atoms with Gasteiger partial charge in [0.05, 0.1) is 11.1 Å². The number of nitrogens with two attached hydrogens (primary N) is 1. The number of nitrogens with one attached hydrogen (secondary N) is 1. The van der Waals surface area contributed by atoms with Crippen LogP contribution < -0.4 is 11.1 Å². The number of hydrogen-bond acceptors (Lipinski definition) is 2. The van der Waals surface area contributed by atoms with Crippen molar-refractivity contribution < 1.29 is 13.6 Å². The van der Waals surface area contributed by atoms with E-state index in [1.165, 1.54) is 0 Å². The van der Waals surface area contributed by atoms with Gasteiger partial charge in [0.2, 0.25) is 0 Å². The highest BCUT2D eigenvalue weighted by molar-refractivity contribution is 5.95. The van der Waals surface area contributed by atoms with Crippen LogP contribution in [0.1, 0.15) is 43.0 Å². The van der Waals surface area contributed by atoms with Gasteiger partial charge in [-0.3, -0.25) is 4.79 Å². The Morgan fingerprint density at radius 3 is 2.90 bits per heavy atom. The summed E-state index contributed by atoms with van der Waals surface area (Å²) in [6.45, 7) is 2.42. The zero-order chi connectivity index (χ0) is 14.8. The molecule has 1 aromatic rings. The smallest absolute Gasteiger partial charge is 0.254 e. The molecule has 2 unspecified atom stereocenters. The average Bonchev–Trinajstić information content (AvgIpc) is 2.41. The Hall–Kier alpha value is -1.49. The van der Waals surface area contributed by atoms with E-state index in [0.717, 1.165) is 43.9 Å². The highest BCUT2D eigenvalue weighted by Crippen LogP contribution is 2.32. The van der Waals surface area contributed by atoms with E-state index >= 15 is 0 Å². The van der Waals surface area contributed by atoms with Crippen molar-refractivity contribution in [3.8, 4) is 0 Å². The zero-order valence-corrected chi connectivity index (χ0v) is 11.6. The van der Waals surface area contributed by atoms with Gasteiger partial charge in [-0.2, -0.15) is 0 Å². The highest BCUT2D eigenvalue weighted by atomic mass is 19.1. The lowest BCUT2D eigenvalue weighted by Gasteiger charge is -2.40. The summed E-state index contributed by atoms with van der Waals surface area (Å²) in [6.07, 6.45) is 3.62. The molecular formula is C15H20F2N2O. The Labute approximate surface area is 117 Å².